The highest BCUT2D eigenvalue weighted by Gasteiger charge is 2.76. The number of ether oxygens (including phenoxy) is 19. The second-order valence-corrected chi connectivity index (χ2v) is 37.2. The van der Waals surface area contributed by atoms with Crippen molar-refractivity contribution < 1.29 is 167 Å². The number of methoxy groups -OCH3 is 3. The first kappa shape index (κ1) is 123. The summed E-state index contributed by atoms with van der Waals surface area (Å²) in [6.07, 6.45) is -1.99. The van der Waals surface area contributed by atoms with Crippen LogP contribution in [0.2, 0.25) is 0 Å². The van der Waals surface area contributed by atoms with Gasteiger partial charge in [0.25, 0.3) is 0 Å². The largest absolute Gasteiger partial charge is 0.469 e. The third-order valence-corrected chi connectivity index (χ3v) is 29.4. The van der Waals surface area contributed by atoms with E-state index < -0.39 is 167 Å². The molecule has 0 aromatic rings. The minimum Gasteiger partial charge on any atom is -0.469 e. The van der Waals surface area contributed by atoms with Crippen molar-refractivity contribution in [3.05, 3.63) is 0 Å². The number of ketones is 1. The van der Waals surface area contributed by atoms with E-state index in [1.54, 1.807) is 20.8 Å². The summed E-state index contributed by atoms with van der Waals surface area (Å²) in [7, 11) is 3.83. The third kappa shape index (κ3) is 21.3. The van der Waals surface area contributed by atoms with Gasteiger partial charge in [-0.05, 0) is 106 Å². The number of hydrogen-bond donors (Lipinski definition) is 0. The predicted octanol–water partition coefficient (Wildman–Crippen LogP) is 12.9. The topological polar surface area (TPSA) is 448 Å². The highest BCUT2D eigenvalue weighted by Crippen LogP contribution is 2.62. The summed E-state index contributed by atoms with van der Waals surface area (Å²) in [6.45, 7) is 29.7. The summed E-state index contributed by atoms with van der Waals surface area (Å²) >= 11 is 0. The van der Waals surface area contributed by atoms with Crippen molar-refractivity contribution >= 4 is 95.3 Å². The summed E-state index contributed by atoms with van der Waals surface area (Å²) in [5, 5.41) is 0. The van der Waals surface area contributed by atoms with Crippen molar-refractivity contribution in [3.8, 4) is 0 Å². The molecule has 0 radical (unpaired) electrons. The van der Waals surface area contributed by atoms with Gasteiger partial charge in [0.15, 0.2) is 48.8 Å². The molecule has 133 heavy (non-hydrogen) atoms. The van der Waals surface area contributed by atoms with Gasteiger partial charge in [-0.15, -0.1) is 0 Å². The molecule has 766 valence electrons. The van der Waals surface area contributed by atoms with Crippen LogP contribution in [-0.2, 0) is 167 Å². The van der Waals surface area contributed by atoms with Crippen molar-refractivity contribution in [1.29, 1.82) is 0 Å². The first-order valence-electron chi connectivity index (χ1n) is 43.0. The number of carbonyl (C=O) groups excluding carboxylic acids is 16. The molecule has 37 atom stereocenters. The Labute approximate surface area is 789 Å². The van der Waals surface area contributed by atoms with Crippen LogP contribution in [0.1, 0.15) is 271 Å². The van der Waals surface area contributed by atoms with E-state index in [4.69, 9.17) is 90.0 Å². The van der Waals surface area contributed by atoms with Gasteiger partial charge in [-0.1, -0.05) is 158 Å². The molecule has 14 heterocycles. The lowest BCUT2D eigenvalue weighted by atomic mass is 9.75. The quantitative estimate of drug-likeness (QED) is 0.0677. The number of fused-ring (bicyclic) bond motifs is 6. The Morgan fingerprint density at radius 2 is 0.571 bits per heavy atom. The fourth-order valence-corrected chi connectivity index (χ4v) is 20.5. The van der Waals surface area contributed by atoms with E-state index in [0.29, 0.717) is 57.8 Å². The van der Waals surface area contributed by atoms with Crippen LogP contribution in [0.15, 0.2) is 0 Å². The summed E-state index contributed by atoms with van der Waals surface area (Å²) < 4.78 is 102. The normalized spacial score (nSPS) is 36.9. The lowest BCUT2D eigenvalue weighted by Crippen LogP contribution is -2.49. The van der Waals surface area contributed by atoms with Crippen LogP contribution in [0.4, 0.5) is 0 Å². The van der Waals surface area contributed by atoms with Gasteiger partial charge >= 0.3 is 89.5 Å². The zero-order valence-electron chi connectivity index (χ0n) is 71.9. The molecular formula is C98H164O35. The number of carbonyl (C=O) groups is 16. The Morgan fingerprint density at radius 3 is 0.917 bits per heavy atom. The Morgan fingerprint density at radius 1 is 0.301 bits per heavy atom. The zero-order valence-corrected chi connectivity index (χ0v) is 71.9. The SMILES string of the molecule is C.C.C.C.C.C.C.C.C.C.C.C.CCC(=O)C1C2CC3C(OC(=O)C31)C2OC(=O)C(C)CC.CCC(C)(C)C(=O)OC1C2CC3C(=O)OC1C3O2.CCC(C)(C)C(=O)OC1C2CC3C1OC(=O)C3C2C(=O)OC.CCC(C)(C)C(=O)OC1C2OC(=O)C3C2OC1C3C(=O)OC.CCC(C)C(=O)OC1C2CC3C(=O)OC1C3O2.CCC(C)C(=O)OC1C2OC(=O)C3C2OC1C3C(=O)OC. The molecule has 4 saturated carbocycles. The van der Waals surface area contributed by atoms with Gasteiger partial charge in [-0.25, -0.2) is 0 Å². The Hall–Kier alpha value is -8.44. The van der Waals surface area contributed by atoms with E-state index in [2.05, 4.69) is 0 Å². The fourth-order valence-electron chi connectivity index (χ4n) is 20.5. The Kier molecular flexibility index (Phi) is 43.4. The summed E-state index contributed by atoms with van der Waals surface area (Å²) in [5.74, 6) is -10.7. The van der Waals surface area contributed by atoms with Crippen molar-refractivity contribution in [2.75, 3.05) is 21.3 Å². The molecule has 0 aromatic heterocycles. The molecule has 14 aliphatic heterocycles. The average Bonchev–Trinajstić information content (AvgIpc) is 1.55. The molecule has 12 bridgehead atoms. The fraction of sp³-hybridized carbons (Fsp3) is 0.837. The maximum Gasteiger partial charge on any atom is 0.313 e. The number of Topliss-reactive ketones (excluding diaryl/α,β-unsaturated/α-hetero) is 1. The summed E-state index contributed by atoms with van der Waals surface area (Å²) in [6, 6.07) is 0. The van der Waals surface area contributed by atoms with Crippen LogP contribution >= 0.6 is 0 Å². The highest BCUT2D eigenvalue weighted by atomic mass is 16.7. The number of rotatable bonds is 23. The van der Waals surface area contributed by atoms with E-state index in [1.807, 2.05) is 90.0 Å². The van der Waals surface area contributed by atoms with Gasteiger partial charge < -0.3 is 90.0 Å². The predicted molar refractivity (Wildman–Crippen MR) is 483 cm³/mol. The molecule has 14 saturated heterocycles. The van der Waals surface area contributed by atoms with Gasteiger partial charge in [0.05, 0.1) is 97.1 Å². The first-order valence-corrected chi connectivity index (χ1v) is 43.0. The molecule has 0 N–H and O–H groups in total. The van der Waals surface area contributed by atoms with Crippen LogP contribution in [0.3, 0.4) is 0 Å². The number of hydrogen-bond acceptors (Lipinski definition) is 35. The summed E-state index contributed by atoms with van der Waals surface area (Å²) in [5.41, 5.74) is -1.75. The van der Waals surface area contributed by atoms with Gasteiger partial charge in [0.1, 0.15) is 90.5 Å². The first-order chi connectivity index (χ1) is 57.2. The number of esters is 15. The van der Waals surface area contributed by atoms with Gasteiger partial charge in [0.2, 0.25) is 0 Å². The van der Waals surface area contributed by atoms with Crippen molar-refractivity contribution in [2.24, 2.45) is 117 Å². The van der Waals surface area contributed by atoms with Crippen LogP contribution in [-0.4, -0.2) is 239 Å². The van der Waals surface area contributed by atoms with E-state index in [1.165, 1.54) is 21.3 Å². The Balaban J connectivity index is 0.000000785. The van der Waals surface area contributed by atoms with E-state index >= 15 is 0 Å². The van der Waals surface area contributed by atoms with Crippen LogP contribution < -0.4 is 0 Å². The minimum absolute atomic E-state index is 0. The maximum atomic E-state index is 12.4. The second-order valence-electron chi connectivity index (χ2n) is 37.2. The lowest BCUT2D eigenvalue weighted by molar-refractivity contribution is -0.173. The molecule has 4 aliphatic carbocycles. The van der Waals surface area contributed by atoms with Crippen LogP contribution in [0, 0.1) is 117 Å². The monoisotopic (exact) mass is 1900 g/mol. The molecule has 35 nitrogen and oxygen atoms in total. The lowest BCUT2D eigenvalue weighted by Gasteiger charge is -2.32. The smallest absolute Gasteiger partial charge is 0.313 e. The van der Waals surface area contributed by atoms with E-state index in [9.17, 15) is 76.7 Å². The van der Waals surface area contributed by atoms with E-state index in [0.717, 1.165) is 12.8 Å². The zero-order chi connectivity index (χ0) is 88.3. The third-order valence-electron chi connectivity index (χ3n) is 29.4. The average molecular weight is 1900 g/mol. The molecule has 0 spiro atoms. The van der Waals surface area contributed by atoms with Gasteiger partial charge in [0, 0.05) is 36.0 Å². The van der Waals surface area contributed by atoms with Gasteiger partial charge in [-0.3, -0.25) is 76.7 Å². The molecule has 35 heteroatoms. The molecule has 0 aromatic carbocycles. The van der Waals surface area contributed by atoms with Crippen LogP contribution in [0.5, 0.6) is 0 Å². The second kappa shape index (κ2) is 47.1. The van der Waals surface area contributed by atoms with Crippen molar-refractivity contribution in [2.45, 2.75) is 393 Å². The van der Waals surface area contributed by atoms with E-state index in [-0.39, 0.29) is 256 Å². The molecule has 37 unspecified atom stereocenters. The molecular weight excluding hydrogens is 1740 g/mol. The summed E-state index contributed by atoms with van der Waals surface area (Å²) in [4.78, 5) is 192. The standard InChI is InChI=1S/C16H22O6.C16H22O5.C15H20O7.C14H18O7.C13H18O5.C12H16O5.12CH4/c1-5-16(2,3)15(19)22-12-7-6-8-10(9(7)13(17)20-4)14(18)21-11(8)12;1-4-7(3)15(18)20-13-8-6-9-12(11(8)10(17)5-2)16(19)21-14(9)13;1-5-15(2,3)14(18)22-11-8-6(12(16)19-4)7-9(20-8)10(11)21-13(7)17;1-4-5(2)12(15)20-10-8-6(13(16)18-3)7-9(19-8)11(10)21-14(7)17;1-4-13(2,3)12(15)18-9-7-5-6-8(16-7)10(9)17-11(6)14;1-3-5(2)11(13)16-9-7-4-6-8(15-7)10(9)17-12(6)14;;;;;;;;;;;;/h7-12H,5-6H2,1-4H3;7-9,11-14H,4-6H2,1-3H3;6-11H,5H2,1-4H3;5-11H,4H2,1-3H3;6-10H,4-5H2,1-3H3;5-10H,3-4H2,1-2H3;12*1H4. The molecule has 18 aliphatic rings. The maximum absolute atomic E-state index is 12.4. The molecule has 18 fully saturated rings. The van der Waals surface area contributed by atoms with Crippen LogP contribution in [0.25, 0.3) is 0 Å². The highest BCUT2D eigenvalue weighted by molar-refractivity contribution is 5.92. The minimum atomic E-state index is -0.774. The van der Waals surface area contributed by atoms with Crippen molar-refractivity contribution in [3.63, 3.8) is 0 Å². The Bertz CT molecular complexity index is 3930. The molecule has 18 rings (SSSR count). The molecule has 0 amide bonds. The van der Waals surface area contributed by atoms with Crippen molar-refractivity contribution in [1.82, 2.24) is 0 Å². The van der Waals surface area contributed by atoms with Gasteiger partial charge in [-0.2, -0.15) is 0 Å².